The van der Waals surface area contributed by atoms with Crippen molar-refractivity contribution in [3.05, 3.63) is 28.8 Å². The highest BCUT2D eigenvalue weighted by molar-refractivity contribution is 6.00. The maximum atomic E-state index is 12.3. The second-order valence-corrected chi connectivity index (χ2v) is 6.38. The molecule has 1 aliphatic rings. The van der Waals surface area contributed by atoms with Gasteiger partial charge in [0.25, 0.3) is 0 Å². The van der Waals surface area contributed by atoms with Crippen LogP contribution in [0.15, 0.2) is 12.1 Å². The second-order valence-electron chi connectivity index (χ2n) is 6.38. The Hall–Kier alpha value is -1.84. The Morgan fingerprint density at radius 2 is 1.60 bits per heavy atom. The van der Waals surface area contributed by atoms with Crippen LogP contribution < -0.4 is 5.32 Å². The molecule has 0 aromatic heterocycles. The molecule has 1 aliphatic carbocycles. The van der Waals surface area contributed by atoms with Crippen molar-refractivity contribution >= 4 is 17.6 Å². The lowest BCUT2D eigenvalue weighted by Crippen LogP contribution is -2.19. The molecule has 4 nitrogen and oxygen atoms in total. The van der Waals surface area contributed by atoms with E-state index in [1.165, 1.54) is 0 Å². The second kappa shape index (κ2) is 4.62. The van der Waals surface area contributed by atoms with Crippen LogP contribution in [0.4, 0.5) is 5.69 Å². The Bertz CT molecular complexity index is 566. The quantitative estimate of drug-likeness (QED) is 0.891. The fourth-order valence-corrected chi connectivity index (χ4v) is 3.17. The van der Waals surface area contributed by atoms with Crippen LogP contribution >= 0.6 is 0 Å². The number of hydrogen-bond donors (Lipinski definition) is 2. The zero-order chi connectivity index (χ0) is 15.2. The molecule has 0 bridgehead atoms. The van der Waals surface area contributed by atoms with Gasteiger partial charge in [0.05, 0.1) is 11.8 Å². The van der Waals surface area contributed by atoms with Crippen molar-refractivity contribution in [1.82, 2.24) is 0 Å². The minimum atomic E-state index is -0.896. The summed E-state index contributed by atoms with van der Waals surface area (Å²) in [5.74, 6) is -2.14. The van der Waals surface area contributed by atoms with E-state index in [9.17, 15) is 9.59 Å². The normalized spacial score (nSPS) is 23.2. The van der Waals surface area contributed by atoms with Gasteiger partial charge in [-0.15, -0.1) is 0 Å². The Morgan fingerprint density at radius 1 is 1.10 bits per heavy atom. The van der Waals surface area contributed by atoms with Gasteiger partial charge in [0.15, 0.2) is 0 Å². The van der Waals surface area contributed by atoms with Crippen LogP contribution in [0.1, 0.15) is 30.5 Å². The highest BCUT2D eigenvalue weighted by atomic mass is 16.4. The first-order chi connectivity index (χ1) is 9.16. The molecule has 2 rings (SSSR count). The van der Waals surface area contributed by atoms with E-state index in [2.05, 4.69) is 5.32 Å². The van der Waals surface area contributed by atoms with E-state index in [0.29, 0.717) is 0 Å². The minimum absolute atomic E-state index is 0.197. The predicted molar refractivity (Wildman–Crippen MR) is 77.7 cm³/mol. The highest BCUT2D eigenvalue weighted by Crippen LogP contribution is 2.58. The average molecular weight is 275 g/mol. The largest absolute Gasteiger partial charge is 0.481 e. The smallest absolute Gasteiger partial charge is 0.307 e. The fraction of sp³-hybridized carbons (Fsp3) is 0.500. The first kappa shape index (κ1) is 14.6. The molecule has 2 atom stereocenters. The molecule has 1 aromatic carbocycles. The van der Waals surface area contributed by atoms with Gasteiger partial charge in [0.1, 0.15) is 0 Å². The third-order valence-corrected chi connectivity index (χ3v) is 4.30. The molecule has 20 heavy (non-hydrogen) atoms. The SMILES string of the molecule is Cc1cc(C)c(NC(=O)[C@@H]2[C@H](C(=O)O)C2(C)C)c(C)c1. The molecule has 4 heteroatoms. The molecule has 0 spiro atoms. The summed E-state index contributed by atoms with van der Waals surface area (Å²) >= 11 is 0. The lowest BCUT2D eigenvalue weighted by atomic mass is 10.0. The Kier molecular flexibility index (Phi) is 3.36. The van der Waals surface area contributed by atoms with Gasteiger partial charge in [-0.25, -0.2) is 0 Å². The summed E-state index contributed by atoms with van der Waals surface area (Å²) in [6, 6.07) is 4.02. The lowest BCUT2D eigenvalue weighted by molar-refractivity contribution is -0.140. The summed E-state index contributed by atoms with van der Waals surface area (Å²) in [5, 5.41) is 12.0. The van der Waals surface area contributed by atoms with Crippen LogP contribution in [0.2, 0.25) is 0 Å². The van der Waals surface area contributed by atoms with Gasteiger partial charge in [0.2, 0.25) is 5.91 Å². The molecule has 0 radical (unpaired) electrons. The third-order valence-electron chi connectivity index (χ3n) is 4.30. The van der Waals surface area contributed by atoms with E-state index in [1.807, 2.05) is 46.8 Å². The van der Waals surface area contributed by atoms with Crippen molar-refractivity contribution in [2.75, 3.05) is 5.32 Å². The Morgan fingerprint density at radius 3 is 2.00 bits per heavy atom. The van der Waals surface area contributed by atoms with Crippen molar-refractivity contribution in [2.24, 2.45) is 17.3 Å². The van der Waals surface area contributed by atoms with Crippen LogP contribution in [0.3, 0.4) is 0 Å². The summed E-state index contributed by atoms with van der Waals surface area (Å²) in [5.41, 5.74) is 3.48. The number of amides is 1. The first-order valence-electron chi connectivity index (χ1n) is 6.77. The van der Waals surface area contributed by atoms with Crippen molar-refractivity contribution in [1.29, 1.82) is 0 Å². The minimum Gasteiger partial charge on any atom is -0.481 e. The molecule has 2 N–H and O–H groups in total. The van der Waals surface area contributed by atoms with Gasteiger partial charge in [0, 0.05) is 5.69 Å². The number of carbonyl (C=O) groups is 2. The van der Waals surface area contributed by atoms with Crippen LogP contribution in [-0.4, -0.2) is 17.0 Å². The molecular weight excluding hydrogens is 254 g/mol. The maximum Gasteiger partial charge on any atom is 0.307 e. The molecule has 0 saturated heterocycles. The average Bonchev–Trinajstić information content (AvgIpc) is 2.86. The van der Waals surface area contributed by atoms with Crippen molar-refractivity contribution in [2.45, 2.75) is 34.6 Å². The van der Waals surface area contributed by atoms with Crippen molar-refractivity contribution in [3.8, 4) is 0 Å². The number of aryl methyl sites for hydroxylation is 3. The molecule has 0 aliphatic heterocycles. The number of carbonyl (C=O) groups excluding carboxylic acids is 1. The maximum absolute atomic E-state index is 12.3. The highest BCUT2D eigenvalue weighted by Gasteiger charge is 2.65. The monoisotopic (exact) mass is 275 g/mol. The Balaban J connectivity index is 2.20. The van der Waals surface area contributed by atoms with E-state index < -0.39 is 23.2 Å². The summed E-state index contributed by atoms with van der Waals surface area (Å²) in [7, 11) is 0. The van der Waals surface area contributed by atoms with Gasteiger partial charge in [-0.1, -0.05) is 31.5 Å². The molecule has 1 amide bonds. The van der Waals surface area contributed by atoms with Crippen LogP contribution in [-0.2, 0) is 9.59 Å². The van der Waals surface area contributed by atoms with Gasteiger partial charge in [-0.05, 0) is 37.3 Å². The van der Waals surface area contributed by atoms with E-state index in [4.69, 9.17) is 5.11 Å². The van der Waals surface area contributed by atoms with Crippen LogP contribution in [0, 0.1) is 38.0 Å². The van der Waals surface area contributed by atoms with E-state index >= 15 is 0 Å². The predicted octanol–water partition coefficient (Wildman–Crippen LogP) is 2.91. The lowest BCUT2D eigenvalue weighted by Gasteiger charge is -2.13. The summed E-state index contributed by atoms with van der Waals surface area (Å²) in [6.45, 7) is 9.55. The first-order valence-corrected chi connectivity index (χ1v) is 6.77. The van der Waals surface area contributed by atoms with E-state index in [-0.39, 0.29) is 5.91 Å². The molecule has 1 saturated carbocycles. The van der Waals surface area contributed by atoms with Crippen LogP contribution in [0.25, 0.3) is 0 Å². The molecule has 0 unspecified atom stereocenters. The zero-order valence-corrected chi connectivity index (χ0v) is 12.6. The number of nitrogens with one attached hydrogen (secondary N) is 1. The van der Waals surface area contributed by atoms with Gasteiger partial charge in [-0.3, -0.25) is 9.59 Å². The third kappa shape index (κ3) is 2.30. The van der Waals surface area contributed by atoms with E-state index in [0.717, 1.165) is 22.4 Å². The summed E-state index contributed by atoms with van der Waals surface area (Å²) in [6.07, 6.45) is 0. The van der Waals surface area contributed by atoms with Gasteiger partial charge < -0.3 is 10.4 Å². The van der Waals surface area contributed by atoms with Gasteiger partial charge >= 0.3 is 5.97 Å². The van der Waals surface area contributed by atoms with Crippen molar-refractivity contribution in [3.63, 3.8) is 0 Å². The van der Waals surface area contributed by atoms with Crippen LogP contribution in [0.5, 0.6) is 0 Å². The Labute approximate surface area is 119 Å². The zero-order valence-electron chi connectivity index (χ0n) is 12.6. The molecule has 108 valence electrons. The molecular formula is C16H21NO3. The summed E-state index contributed by atoms with van der Waals surface area (Å²) < 4.78 is 0. The number of rotatable bonds is 3. The molecule has 1 fully saturated rings. The van der Waals surface area contributed by atoms with Crippen molar-refractivity contribution < 1.29 is 14.7 Å². The fourth-order valence-electron chi connectivity index (χ4n) is 3.17. The topological polar surface area (TPSA) is 66.4 Å². The van der Waals surface area contributed by atoms with Gasteiger partial charge in [-0.2, -0.15) is 0 Å². The van der Waals surface area contributed by atoms with E-state index in [1.54, 1.807) is 0 Å². The molecule has 0 heterocycles. The number of carboxylic acid groups (broad SMARTS) is 1. The number of aliphatic carboxylic acids is 1. The number of benzene rings is 1. The number of anilines is 1. The number of hydrogen-bond acceptors (Lipinski definition) is 2. The number of carboxylic acids is 1. The molecule has 1 aromatic rings. The standard InChI is InChI=1S/C16H21NO3/c1-8-6-9(2)13(10(3)7-8)17-14(18)11-12(15(19)20)16(11,4)5/h6-7,11-12H,1-5H3,(H,17,18)(H,19,20)/t11-,12+/m0/s1. The summed E-state index contributed by atoms with van der Waals surface area (Å²) in [4.78, 5) is 23.5.